The number of fused-ring (bicyclic) bond motifs is 1. The van der Waals surface area contributed by atoms with Gasteiger partial charge < -0.3 is 4.90 Å². The number of nitrogens with one attached hydrogen (secondary N) is 1. The van der Waals surface area contributed by atoms with Crippen molar-refractivity contribution in [3.8, 4) is 11.3 Å². The summed E-state index contributed by atoms with van der Waals surface area (Å²) in [6.45, 7) is 1.28. The molecule has 0 unspecified atom stereocenters. The van der Waals surface area contributed by atoms with E-state index < -0.39 is 0 Å². The van der Waals surface area contributed by atoms with Crippen LogP contribution in [0.15, 0.2) is 54.7 Å². The number of pyridine rings is 1. The van der Waals surface area contributed by atoms with Crippen LogP contribution in [0.1, 0.15) is 21.7 Å². The lowest BCUT2D eigenvalue weighted by molar-refractivity contribution is 0.0727. The Morgan fingerprint density at radius 1 is 1.13 bits per heavy atom. The highest BCUT2D eigenvalue weighted by Crippen LogP contribution is 2.21. The summed E-state index contributed by atoms with van der Waals surface area (Å²) in [5, 5.41) is 7.13. The Morgan fingerprint density at radius 3 is 2.87 bits per heavy atom. The Balaban J connectivity index is 1.55. The van der Waals surface area contributed by atoms with E-state index in [1.54, 1.807) is 6.20 Å². The van der Waals surface area contributed by atoms with Gasteiger partial charge in [-0.2, -0.15) is 5.10 Å². The van der Waals surface area contributed by atoms with Crippen LogP contribution in [0.2, 0.25) is 0 Å². The number of carbonyl (C=O) groups excluding carboxylic acids is 1. The van der Waals surface area contributed by atoms with Crippen LogP contribution in [0.3, 0.4) is 0 Å². The summed E-state index contributed by atoms with van der Waals surface area (Å²) in [7, 11) is 0. The van der Waals surface area contributed by atoms with Crippen LogP contribution in [0.5, 0.6) is 0 Å². The molecule has 23 heavy (non-hydrogen) atoms. The molecule has 1 aliphatic heterocycles. The summed E-state index contributed by atoms with van der Waals surface area (Å²) >= 11 is 0. The van der Waals surface area contributed by atoms with Crippen molar-refractivity contribution in [1.82, 2.24) is 20.1 Å². The average molecular weight is 304 g/mol. The molecule has 1 N–H and O–H groups in total. The molecule has 5 heteroatoms. The molecule has 0 saturated heterocycles. The predicted molar refractivity (Wildman–Crippen MR) is 86.7 cm³/mol. The van der Waals surface area contributed by atoms with Crippen molar-refractivity contribution >= 4 is 5.91 Å². The maximum atomic E-state index is 12.7. The van der Waals surface area contributed by atoms with E-state index in [-0.39, 0.29) is 5.91 Å². The molecule has 1 amide bonds. The smallest absolute Gasteiger partial charge is 0.272 e. The molecule has 0 aliphatic carbocycles. The van der Waals surface area contributed by atoms with Crippen LogP contribution in [0.25, 0.3) is 11.3 Å². The van der Waals surface area contributed by atoms with Crippen LogP contribution >= 0.6 is 0 Å². The highest BCUT2D eigenvalue weighted by Gasteiger charge is 2.23. The Kier molecular flexibility index (Phi) is 3.38. The van der Waals surface area contributed by atoms with Crippen LogP contribution < -0.4 is 0 Å². The molecule has 4 rings (SSSR count). The third-order valence-electron chi connectivity index (χ3n) is 4.13. The second-order valence-corrected chi connectivity index (χ2v) is 5.62. The first-order chi connectivity index (χ1) is 11.3. The van der Waals surface area contributed by atoms with Gasteiger partial charge in [-0.25, -0.2) is 0 Å². The quantitative estimate of drug-likeness (QED) is 0.792. The van der Waals surface area contributed by atoms with E-state index in [1.807, 2.05) is 53.4 Å². The van der Waals surface area contributed by atoms with Crippen molar-refractivity contribution in [1.29, 1.82) is 0 Å². The zero-order valence-electron chi connectivity index (χ0n) is 12.6. The van der Waals surface area contributed by atoms with E-state index in [0.717, 1.165) is 28.9 Å². The Labute approximate surface area is 134 Å². The molecule has 3 heterocycles. The maximum absolute atomic E-state index is 12.7. The summed E-state index contributed by atoms with van der Waals surface area (Å²) in [6, 6.07) is 15.6. The first-order valence-electron chi connectivity index (χ1n) is 7.64. The number of hydrogen-bond acceptors (Lipinski definition) is 3. The molecular formula is C18H16N4O. The van der Waals surface area contributed by atoms with Gasteiger partial charge in [0.25, 0.3) is 5.91 Å². The van der Waals surface area contributed by atoms with Crippen molar-refractivity contribution in [3.05, 3.63) is 71.7 Å². The lowest BCUT2D eigenvalue weighted by Crippen LogP contribution is -2.36. The van der Waals surface area contributed by atoms with Crippen molar-refractivity contribution in [2.24, 2.45) is 0 Å². The second kappa shape index (κ2) is 5.68. The molecule has 0 spiro atoms. The van der Waals surface area contributed by atoms with E-state index in [1.165, 1.54) is 0 Å². The van der Waals surface area contributed by atoms with E-state index in [4.69, 9.17) is 0 Å². The SMILES string of the molecule is O=C(c1cc(-c2ccccc2)n[nH]1)N1CCc2ncccc2C1. The van der Waals surface area contributed by atoms with E-state index in [0.29, 0.717) is 18.8 Å². The number of hydrogen-bond donors (Lipinski definition) is 1. The van der Waals surface area contributed by atoms with Crippen molar-refractivity contribution in [2.45, 2.75) is 13.0 Å². The van der Waals surface area contributed by atoms with Crippen LogP contribution in [-0.2, 0) is 13.0 Å². The third-order valence-corrected chi connectivity index (χ3v) is 4.13. The van der Waals surface area contributed by atoms with Crippen molar-refractivity contribution in [3.63, 3.8) is 0 Å². The zero-order valence-corrected chi connectivity index (χ0v) is 12.6. The molecule has 114 valence electrons. The number of benzene rings is 1. The Bertz CT molecular complexity index is 841. The topological polar surface area (TPSA) is 61.9 Å². The second-order valence-electron chi connectivity index (χ2n) is 5.62. The standard InChI is InChI=1S/C18H16N4O/c23-18(22-10-8-15-14(12-22)7-4-9-19-15)17-11-16(20-21-17)13-5-2-1-3-6-13/h1-7,9,11H,8,10,12H2,(H,20,21). The van der Waals surface area contributed by atoms with Gasteiger partial charge in [0.2, 0.25) is 0 Å². The average Bonchev–Trinajstić information content (AvgIpc) is 3.11. The summed E-state index contributed by atoms with van der Waals surface area (Å²) in [5.74, 6) is -0.0193. The fourth-order valence-electron chi connectivity index (χ4n) is 2.90. The third kappa shape index (κ3) is 2.61. The summed E-state index contributed by atoms with van der Waals surface area (Å²) in [6.07, 6.45) is 2.60. The minimum Gasteiger partial charge on any atom is -0.333 e. The highest BCUT2D eigenvalue weighted by atomic mass is 16.2. The molecule has 5 nitrogen and oxygen atoms in total. The van der Waals surface area contributed by atoms with Gasteiger partial charge in [-0.1, -0.05) is 36.4 Å². The number of aromatic amines is 1. The van der Waals surface area contributed by atoms with Crippen molar-refractivity contribution in [2.75, 3.05) is 6.54 Å². The van der Waals surface area contributed by atoms with Gasteiger partial charge in [0.15, 0.2) is 0 Å². The zero-order chi connectivity index (χ0) is 15.6. The van der Waals surface area contributed by atoms with Crippen molar-refractivity contribution < 1.29 is 4.79 Å². The summed E-state index contributed by atoms with van der Waals surface area (Å²) in [4.78, 5) is 18.9. The van der Waals surface area contributed by atoms with Gasteiger partial charge in [0, 0.05) is 37.0 Å². The molecule has 3 aromatic rings. The number of amides is 1. The normalized spacial score (nSPS) is 13.7. The lowest BCUT2D eigenvalue weighted by atomic mass is 10.1. The van der Waals surface area contributed by atoms with E-state index in [2.05, 4.69) is 15.2 Å². The van der Waals surface area contributed by atoms with Gasteiger partial charge in [-0.3, -0.25) is 14.9 Å². The van der Waals surface area contributed by atoms with Gasteiger partial charge in [-0.05, 0) is 17.7 Å². The largest absolute Gasteiger partial charge is 0.333 e. The molecule has 1 aliphatic rings. The molecular weight excluding hydrogens is 288 g/mol. The molecule has 1 aromatic carbocycles. The van der Waals surface area contributed by atoms with Gasteiger partial charge in [-0.15, -0.1) is 0 Å². The predicted octanol–water partition coefficient (Wildman–Crippen LogP) is 2.67. The van der Waals surface area contributed by atoms with E-state index >= 15 is 0 Å². The maximum Gasteiger partial charge on any atom is 0.272 e. The molecule has 0 saturated carbocycles. The van der Waals surface area contributed by atoms with Crippen LogP contribution in [0, 0.1) is 0 Å². The molecule has 2 aromatic heterocycles. The Hall–Kier alpha value is -2.95. The monoisotopic (exact) mass is 304 g/mol. The number of nitrogens with zero attached hydrogens (tertiary/aromatic N) is 3. The fraction of sp³-hybridized carbons (Fsp3) is 0.167. The van der Waals surface area contributed by atoms with Gasteiger partial charge >= 0.3 is 0 Å². The number of carbonyl (C=O) groups is 1. The number of rotatable bonds is 2. The number of aromatic nitrogens is 3. The molecule has 0 fully saturated rings. The number of H-pyrrole nitrogens is 1. The highest BCUT2D eigenvalue weighted by molar-refractivity contribution is 5.93. The van der Waals surface area contributed by atoms with Crippen LogP contribution in [-0.4, -0.2) is 32.5 Å². The van der Waals surface area contributed by atoms with Gasteiger partial charge in [0.05, 0.1) is 5.69 Å². The molecule has 0 atom stereocenters. The van der Waals surface area contributed by atoms with E-state index in [9.17, 15) is 4.79 Å². The summed E-state index contributed by atoms with van der Waals surface area (Å²) in [5.41, 5.74) is 4.52. The first-order valence-corrected chi connectivity index (χ1v) is 7.64. The lowest BCUT2D eigenvalue weighted by Gasteiger charge is -2.27. The van der Waals surface area contributed by atoms with Gasteiger partial charge in [0.1, 0.15) is 5.69 Å². The Morgan fingerprint density at radius 2 is 2.00 bits per heavy atom. The first kappa shape index (κ1) is 13.7. The summed E-state index contributed by atoms with van der Waals surface area (Å²) < 4.78 is 0. The molecule has 0 radical (unpaired) electrons. The minimum absolute atomic E-state index is 0.0193. The minimum atomic E-state index is -0.0193. The van der Waals surface area contributed by atoms with Crippen LogP contribution in [0.4, 0.5) is 0 Å². The fourth-order valence-corrected chi connectivity index (χ4v) is 2.90. The molecule has 0 bridgehead atoms.